The minimum absolute atomic E-state index is 0.0211. The van der Waals surface area contributed by atoms with Gasteiger partial charge in [0.2, 0.25) is 0 Å². The van der Waals surface area contributed by atoms with Crippen molar-refractivity contribution in [3.8, 4) is 5.75 Å². The minimum Gasteiger partial charge on any atom is -0.493 e. The van der Waals surface area contributed by atoms with Crippen LogP contribution < -0.4 is 10.1 Å². The van der Waals surface area contributed by atoms with Crippen LogP contribution in [0.25, 0.3) is 10.9 Å². The van der Waals surface area contributed by atoms with Crippen molar-refractivity contribution in [2.75, 3.05) is 31.6 Å². The molecular weight excluding hydrogens is 404 g/mol. The molecule has 3 rings (SSSR count). The third kappa shape index (κ3) is 6.37. The Bertz CT molecular complexity index is 1050. The van der Waals surface area contributed by atoms with Crippen molar-refractivity contribution in [2.24, 2.45) is 0 Å². The van der Waals surface area contributed by atoms with Crippen LogP contribution in [-0.2, 0) is 16.0 Å². The zero-order valence-corrected chi connectivity index (χ0v) is 17.0. The number of hydrogen-bond acceptors (Lipinski definition) is 8. The molecule has 0 spiro atoms. The molecule has 2 aromatic heterocycles. The number of anilines is 2. The number of carboxylic acids is 2. The number of nitrogens with one attached hydrogen (secondary N) is 2. The number of aliphatic carboxylic acids is 2. The molecule has 0 saturated heterocycles. The molecule has 31 heavy (non-hydrogen) atoms. The Morgan fingerprint density at radius 1 is 1.19 bits per heavy atom. The van der Waals surface area contributed by atoms with Gasteiger partial charge in [-0.3, -0.25) is 19.6 Å². The summed E-state index contributed by atoms with van der Waals surface area (Å²) in [5.74, 6) is -0.0616. The van der Waals surface area contributed by atoms with Gasteiger partial charge in [-0.05, 0) is 25.1 Å². The number of carboxylic acid groups (broad SMARTS) is 2. The molecule has 164 valence electrons. The first kappa shape index (κ1) is 22.0. The summed E-state index contributed by atoms with van der Waals surface area (Å²) >= 11 is 0. The van der Waals surface area contributed by atoms with Gasteiger partial charge in [-0.15, -0.1) is 0 Å². The number of rotatable bonds is 12. The normalized spacial score (nSPS) is 11.0. The number of fused-ring (bicyclic) bond motifs is 1. The van der Waals surface area contributed by atoms with Crippen molar-refractivity contribution in [3.63, 3.8) is 0 Å². The third-order valence-corrected chi connectivity index (χ3v) is 4.52. The number of ether oxygens (including phenoxy) is 1. The Morgan fingerprint density at radius 3 is 2.77 bits per heavy atom. The van der Waals surface area contributed by atoms with E-state index in [2.05, 4.69) is 25.5 Å². The van der Waals surface area contributed by atoms with Crippen LogP contribution in [0.15, 0.2) is 30.6 Å². The number of benzene rings is 1. The number of aromatic nitrogens is 4. The summed E-state index contributed by atoms with van der Waals surface area (Å²) < 4.78 is 5.79. The molecule has 0 saturated carbocycles. The molecule has 0 fully saturated rings. The highest BCUT2D eigenvalue weighted by Crippen LogP contribution is 2.26. The Hall–Kier alpha value is -3.73. The van der Waals surface area contributed by atoms with Crippen molar-refractivity contribution in [1.82, 2.24) is 25.1 Å². The first-order valence-electron chi connectivity index (χ1n) is 9.79. The minimum atomic E-state index is -0.956. The second kappa shape index (κ2) is 10.3. The molecule has 0 atom stereocenters. The molecule has 0 aliphatic rings. The van der Waals surface area contributed by atoms with Gasteiger partial charge in [-0.1, -0.05) is 6.92 Å². The quantitative estimate of drug-likeness (QED) is 0.314. The second-order valence-electron chi connectivity index (χ2n) is 6.83. The molecule has 11 heteroatoms. The van der Waals surface area contributed by atoms with Crippen LogP contribution in [0.5, 0.6) is 5.75 Å². The summed E-state index contributed by atoms with van der Waals surface area (Å²) in [7, 11) is 0. The molecular formula is C20H24N6O5. The highest BCUT2D eigenvalue weighted by Gasteiger charge is 2.10. The summed E-state index contributed by atoms with van der Waals surface area (Å²) in [6, 6.07) is 7.07. The van der Waals surface area contributed by atoms with Crippen molar-refractivity contribution in [1.29, 1.82) is 0 Å². The molecule has 0 aliphatic carbocycles. The lowest BCUT2D eigenvalue weighted by atomic mass is 10.2. The van der Waals surface area contributed by atoms with E-state index >= 15 is 0 Å². The monoisotopic (exact) mass is 428 g/mol. The topological polar surface area (TPSA) is 154 Å². The fourth-order valence-electron chi connectivity index (χ4n) is 3.04. The standard InChI is InChI=1S/C20H24N6O5/c1-2-26(11-19(29)30)6-3-7-31-14-4-5-15-16(10-14)21-12-22-20(15)23-17-8-13(24-25-17)9-18(27)28/h4-5,8,10,12H,2-3,6-7,9,11H2,1H3,(H,27,28)(H,29,30)(H2,21,22,23,24,25). The first-order valence-corrected chi connectivity index (χ1v) is 9.79. The number of carbonyl (C=O) groups is 2. The molecule has 0 bridgehead atoms. The van der Waals surface area contributed by atoms with Crippen molar-refractivity contribution in [2.45, 2.75) is 19.8 Å². The van der Waals surface area contributed by atoms with Crippen molar-refractivity contribution in [3.05, 3.63) is 36.3 Å². The summed E-state index contributed by atoms with van der Waals surface area (Å²) in [6.45, 7) is 3.71. The number of nitrogens with zero attached hydrogens (tertiary/aromatic N) is 4. The van der Waals surface area contributed by atoms with Crippen LogP contribution in [0.3, 0.4) is 0 Å². The lowest BCUT2D eigenvalue weighted by Crippen LogP contribution is -2.31. The number of likely N-dealkylation sites (N-methyl/N-ethyl adjacent to an activating group) is 1. The SMILES string of the molecule is CCN(CCCOc1ccc2c(Nc3cc(CC(=O)O)n[nH]3)ncnc2c1)CC(=O)O. The molecule has 0 radical (unpaired) electrons. The lowest BCUT2D eigenvalue weighted by molar-refractivity contribution is -0.138. The van der Waals surface area contributed by atoms with Gasteiger partial charge in [-0.2, -0.15) is 5.10 Å². The molecule has 1 aromatic carbocycles. The number of hydrogen-bond donors (Lipinski definition) is 4. The van der Waals surface area contributed by atoms with E-state index in [9.17, 15) is 9.59 Å². The fraction of sp³-hybridized carbons (Fsp3) is 0.350. The number of aromatic amines is 1. The molecule has 3 aromatic rings. The predicted octanol–water partition coefficient (Wildman–Crippen LogP) is 1.90. The van der Waals surface area contributed by atoms with Crippen LogP contribution in [0, 0.1) is 0 Å². The van der Waals surface area contributed by atoms with E-state index in [-0.39, 0.29) is 13.0 Å². The summed E-state index contributed by atoms with van der Waals surface area (Å²) in [5, 5.41) is 28.3. The van der Waals surface area contributed by atoms with Crippen LogP contribution >= 0.6 is 0 Å². The van der Waals surface area contributed by atoms with Gasteiger partial charge in [0.15, 0.2) is 0 Å². The molecule has 0 unspecified atom stereocenters. The average Bonchev–Trinajstić information content (AvgIpc) is 3.16. The zero-order valence-electron chi connectivity index (χ0n) is 17.0. The predicted molar refractivity (Wildman–Crippen MR) is 113 cm³/mol. The smallest absolute Gasteiger partial charge is 0.317 e. The highest BCUT2D eigenvalue weighted by atomic mass is 16.5. The Kier molecular flexibility index (Phi) is 7.33. The van der Waals surface area contributed by atoms with E-state index < -0.39 is 11.9 Å². The van der Waals surface area contributed by atoms with E-state index in [0.29, 0.717) is 54.7 Å². The van der Waals surface area contributed by atoms with Crippen LogP contribution in [0.4, 0.5) is 11.6 Å². The van der Waals surface area contributed by atoms with Gasteiger partial charge >= 0.3 is 11.9 Å². The molecule has 0 aliphatic heterocycles. The Morgan fingerprint density at radius 2 is 2.03 bits per heavy atom. The van der Waals surface area contributed by atoms with E-state index in [1.807, 2.05) is 24.0 Å². The average molecular weight is 428 g/mol. The maximum Gasteiger partial charge on any atom is 0.317 e. The van der Waals surface area contributed by atoms with Crippen molar-refractivity contribution >= 4 is 34.5 Å². The van der Waals surface area contributed by atoms with Crippen LogP contribution in [-0.4, -0.2) is 73.5 Å². The fourth-order valence-corrected chi connectivity index (χ4v) is 3.04. The van der Waals surface area contributed by atoms with Gasteiger partial charge in [0, 0.05) is 24.1 Å². The van der Waals surface area contributed by atoms with Crippen molar-refractivity contribution < 1.29 is 24.5 Å². The Balaban J connectivity index is 1.61. The third-order valence-electron chi connectivity index (χ3n) is 4.52. The second-order valence-corrected chi connectivity index (χ2v) is 6.83. The van der Waals surface area contributed by atoms with Crippen LogP contribution in [0.1, 0.15) is 19.0 Å². The maximum absolute atomic E-state index is 10.8. The van der Waals surface area contributed by atoms with E-state index in [0.717, 1.165) is 5.39 Å². The molecule has 0 amide bonds. The van der Waals surface area contributed by atoms with Gasteiger partial charge in [0.1, 0.15) is 23.7 Å². The zero-order chi connectivity index (χ0) is 22.2. The largest absolute Gasteiger partial charge is 0.493 e. The van der Waals surface area contributed by atoms with Crippen LogP contribution in [0.2, 0.25) is 0 Å². The number of H-pyrrole nitrogens is 1. The van der Waals surface area contributed by atoms with Gasteiger partial charge in [-0.25, -0.2) is 9.97 Å². The maximum atomic E-state index is 10.8. The molecule has 11 nitrogen and oxygen atoms in total. The summed E-state index contributed by atoms with van der Waals surface area (Å²) in [4.78, 5) is 32.0. The lowest BCUT2D eigenvalue weighted by Gasteiger charge is -2.17. The summed E-state index contributed by atoms with van der Waals surface area (Å²) in [6.07, 6.45) is 1.96. The van der Waals surface area contributed by atoms with Gasteiger partial charge in [0.25, 0.3) is 0 Å². The van der Waals surface area contributed by atoms with Gasteiger partial charge in [0.05, 0.1) is 30.8 Å². The van der Waals surface area contributed by atoms with E-state index in [1.54, 1.807) is 12.1 Å². The van der Waals surface area contributed by atoms with E-state index in [1.165, 1.54) is 6.33 Å². The van der Waals surface area contributed by atoms with Gasteiger partial charge < -0.3 is 20.3 Å². The molecule has 4 N–H and O–H groups in total. The first-order chi connectivity index (χ1) is 14.9. The highest BCUT2D eigenvalue weighted by molar-refractivity contribution is 5.91. The molecule has 2 heterocycles. The summed E-state index contributed by atoms with van der Waals surface area (Å²) in [5.41, 5.74) is 1.09. The van der Waals surface area contributed by atoms with E-state index in [4.69, 9.17) is 14.9 Å². The Labute approximate surface area is 178 Å².